The lowest BCUT2D eigenvalue weighted by molar-refractivity contribution is -0.140. The Morgan fingerprint density at radius 1 is 1.08 bits per heavy atom. The smallest absolute Gasteiger partial charge is 0.339 e. The minimum absolute atomic E-state index is 0.0797. The summed E-state index contributed by atoms with van der Waals surface area (Å²) in [6.07, 6.45) is 7.12. The zero-order valence-corrected chi connectivity index (χ0v) is 20.1. The van der Waals surface area contributed by atoms with Crippen molar-refractivity contribution in [2.75, 3.05) is 13.2 Å². The monoisotopic (exact) mass is 490 g/mol. The summed E-state index contributed by atoms with van der Waals surface area (Å²) >= 11 is 0. The van der Waals surface area contributed by atoms with Gasteiger partial charge in [-0.3, -0.25) is 14.5 Å². The molecule has 182 valence electrons. The lowest BCUT2D eigenvalue weighted by atomic mass is 9.94. The van der Waals surface area contributed by atoms with Crippen LogP contribution in [0.15, 0.2) is 87.9 Å². The fourth-order valence-electron chi connectivity index (χ4n) is 3.94. The molecular weight excluding hydrogens is 468 g/mol. The number of furan rings is 1. The number of imide groups is 1. The van der Waals surface area contributed by atoms with Gasteiger partial charge in [0.05, 0.1) is 5.56 Å². The van der Waals surface area contributed by atoms with Crippen LogP contribution < -0.4 is 0 Å². The average Bonchev–Trinajstić information content (AvgIpc) is 3.39. The van der Waals surface area contributed by atoms with Crippen molar-refractivity contribution < 1.29 is 23.5 Å². The third kappa shape index (κ3) is 5.42. The lowest BCUT2D eigenvalue weighted by Gasteiger charge is -2.27. The summed E-state index contributed by atoms with van der Waals surface area (Å²) in [5, 5.41) is 9.62. The first kappa shape index (κ1) is 25.0. The number of terminal acetylenes is 1. The largest absolute Gasteiger partial charge is 0.457 e. The van der Waals surface area contributed by atoms with Gasteiger partial charge in [0.15, 0.2) is 6.61 Å². The molecule has 0 N–H and O–H groups in total. The fraction of sp³-hybridized carbons (Fsp3) is 0.133. The van der Waals surface area contributed by atoms with Crippen molar-refractivity contribution in [3.8, 4) is 29.7 Å². The third-order valence-corrected chi connectivity index (χ3v) is 5.88. The number of hydrogen-bond donors (Lipinski definition) is 0. The summed E-state index contributed by atoms with van der Waals surface area (Å²) in [4.78, 5) is 39.4. The van der Waals surface area contributed by atoms with Crippen LogP contribution in [0.1, 0.15) is 28.6 Å². The second-order valence-electron chi connectivity index (χ2n) is 8.23. The van der Waals surface area contributed by atoms with Gasteiger partial charge in [-0.25, -0.2) is 4.79 Å². The molecule has 7 heteroatoms. The molecule has 1 aromatic heterocycles. The van der Waals surface area contributed by atoms with Crippen LogP contribution in [0.2, 0.25) is 0 Å². The summed E-state index contributed by atoms with van der Waals surface area (Å²) in [6.45, 7) is 1.59. The first-order valence-electron chi connectivity index (χ1n) is 11.5. The molecule has 0 aliphatic carbocycles. The summed E-state index contributed by atoms with van der Waals surface area (Å²) < 4.78 is 10.9. The number of carbonyl (C=O) groups excluding carboxylic acids is 3. The fourth-order valence-corrected chi connectivity index (χ4v) is 3.94. The van der Waals surface area contributed by atoms with E-state index < -0.39 is 17.8 Å². The van der Waals surface area contributed by atoms with Gasteiger partial charge in [0.1, 0.15) is 23.2 Å². The average molecular weight is 491 g/mol. The highest BCUT2D eigenvalue weighted by molar-refractivity contribution is 6.19. The van der Waals surface area contributed by atoms with E-state index in [0.717, 1.165) is 10.5 Å². The number of amides is 2. The highest BCUT2D eigenvalue weighted by Crippen LogP contribution is 2.29. The molecular formula is C30H22N2O5. The van der Waals surface area contributed by atoms with E-state index in [9.17, 15) is 19.6 Å². The Kier molecular flexibility index (Phi) is 7.47. The van der Waals surface area contributed by atoms with Crippen molar-refractivity contribution in [2.24, 2.45) is 0 Å². The van der Waals surface area contributed by atoms with Crippen molar-refractivity contribution in [1.29, 1.82) is 5.26 Å². The van der Waals surface area contributed by atoms with Gasteiger partial charge in [0, 0.05) is 17.7 Å². The molecule has 4 rings (SSSR count). The molecule has 37 heavy (non-hydrogen) atoms. The maximum absolute atomic E-state index is 13.3. The third-order valence-electron chi connectivity index (χ3n) is 5.88. The second kappa shape index (κ2) is 11.1. The zero-order chi connectivity index (χ0) is 26.4. The predicted molar refractivity (Wildman–Crippen MR) is 136 cm³/mol. The van der Waals surface area contributed by atoms with Gasteiger partial charge in [-0.1, -0.05) is 48.4 Å². The topological polar surface area (TPSA) is 101 Å². The van der Waals surface area contributed by atoms with Crippen LogP contribution in [0, 0.1) is 23.7 Å². The molecule has 1 aliphatic heterocycles. The van der Waals surface area contributed by atoms with E-state index in [2.05, 4.69) is 5.92 Å². The number of carbonyl (C=O) groups is 3. The number of esters is 1. The van der Waals surface area contributed by atoms with Crippen molar-refractivity contribution in [3.63, 3.8) is 0 Å². The van der Waals surface area contributed by atoms with E-state index in [1.165, 1.54) is 6.08 Å². The maximum atomic E-state index is 13.3. The van der Waals surface area contributed by atoms with Gasteiger partial charge in [-0.05, 0) is 54.8 Å². The number of ether oxygens (including phenoxy) is 1. The Labute approximate surface area is 214 Å². The van der Waals surface area contributed by atoms with Gasteiger partial charge >= 0.3 is 5.97 Å². The van der Waals surface area contributed by atoms with Gasteiger partial charge in [-0.15, -0.1) is 6.42 Å². The standard InChI is InChI=1S/C30H22N2O5/c1-3-16-36-30(35)23-11-7-10-22(17-23)27-13-12-24(37-27)18-25-20(2)26(19-31)29(34)32(28(25)33)15-14-21-8-5-4-6-9-21/h1,4-13,17-18H,14-16H2,2H3/b25-18-. The van der Waals surface area contributed by atoms with Gasteiger partial charge in [-0.2, -0.15) is 5.26 Å². The summed E-state index contributed by atoms with van der Waals surface area (Å²) in [6, 6.07) is 21.5. The van der Waals surface area contributed by atoms with E-state index in [1.54, 1.807) is 43.3 Å². The van der Waals surface area contributed by atoms with E-state index in [1.807, 2.05) is 36.4 Å². The molecule has 0 unspecified atom stereocenters. The first-order valence-corrected chi connectivity index (χ1v) is 11.5. The minimum Gasteiger partial charge on any atom is -0.457 e. The molecule has 0 saturated carbocycles. The van der Waals surface area contributed by atoms with E-state index >= 15 is 0 Å². The van der Waals surface area contributed by atoms with Crippen LogP contribution in [0.4, 0.5) is 0 Å². The van der Waals surface area contributed by atoms with Gasteiger partial charge in [0.25, 0.3) is 11.8 Å². The first-order chi connectivity index (χ1) is 17.9. The zero-order valence-electron chi connectivity index (χ0n) is 20.1. The van der Waals surface area contributed by atoms with Crippen LogP contribution >= 0.6 is 0 Å². The Morgan fingerprint density at radius 2 is 1.86 bits per heavy atom. The van der Waals surface area contributed by atoms with Crippen LogP contribution in [-0.4, -0.2) is 35.8 Å². The Hall–Kier alpha value is -5.14. The molecule has 0 saturated heterocycles. The molecule has 0 bridgehead atoms. The Morgan fingerprint density at radius 3 is 2.59 bits per heavy atom. The number of nitrogens with zero attached hydrogens (tertiary/aromatic N) is 2. The van der Waals surface area contributed by atoms with Crippen LogP contribution in [0.5, 0.6) is 0 Å². The predicted octanol–water partition coefficient (Wildman–Crippen LogP) is 4.57. The molecule has 2 heterocycles. The van der Waals surface area contributed by atoms with E-state index in [0.29, 0.717) is 34.6 Å². The van der Waals surface area contributed by atoms with Crippen LogP contribution in [0.3, 0.4) is 0 Å². The Balaban J connectivity index is 1.61. The summed E-state index contributed by atoms with van der Waals surface area (Å²) in [5.41, 5.74) is 2.33. The number of rotatable bonds is 7. The van der Waals surface area contributed by atoms with Gasteiger partial charge in [0.2, 0.25) is 0 Å². The van der Waals surface area contributed by atoms with E-state index in [-0.39, 0.29) is 24.3 Å². The number of nitriles is 1. The quantitative estimate of drug-likeness (QED) is 0.208. The molecule has 0 radical (unpaired) electrons. The summed E-state index contributed by atoms with van der Waals surface area (Å²) in [5.74, 6) is 1.42. The molecule has 0 spiro atoms. The van der Waals surface area contributed by atoms with Crippen LogP contribution in [-0.2, 0) is 20.7 Å². The summed E-state index contributed by atoms with van der Waals surface area (Å²) in [7, 11) is 0. The van der Waals surface area contributed by atoms with Crippen LogP contribution in [0.25, 0.3) is 17.4 Å². The second-order valence-corrected chi connectivity index (χ2v) is 8.23. The molecule has 2 aromatic carbocycles. The lowest BCUT2D eigenvalue weighted by Crippen LogP contribution is -2.43. The number of benzene rings is 2. The van der Waals surface area contributed by atoms with Crippen molar-refractivity contribution in [1.82, 2.24) is 4.90 Å². The molecule has 3 aromatic rings. The Bertz CT molecular complexity index is 1510. The molecule has 0 atom stereocenters. The van der Waals surface area contributed by atoms with E-state index in [4.69, 9.17) is 15.6 Å². The van der Waals surface area contributed by atoms with Gasteiger partial charge < -0.3 is 9.15 Å². The van der Waals surface area contributed by atoms with Crippen molar-refractivity contribution in [3.05, 3.63) is 100 Å². The molecule has 2 amide bonds. The molecule has 1 aliphatic rings. The van der Waals surface area contributed by atoms with Crippen molar-refractivity contribution >= 4 is 23.9 Å². The highest BCUT2D eigenvalue weighted by atomic mass is 16.5. The molecule has 0 fully saturated rings. The minimum atomic E-state index is -0.605. The number of hydrogen-bond acceptors (Lipinski definition) is 6. The van der Waals surface area contributed by atoms with Crippen molar-refractivity contribution in [2.45, 2.75) is 13.3 Å². The highest BCUT2D eigenvalue weighted by Gasteiger charge is 2.35. The molecule has 7 nitrogen and oxygen atoms in total. The maximum Gasteiger partial charge on any atom is 0.339 e. The SMILES string of the molecule is C#CCOC(=O)c1cccc(-c2ccc(/C=C3\C(=O)N(CCc4ccccc4)C(=O)C(C#N)=C3C)o2)c1. The normalized spacial score (nSPS) is 14.5.